The van der Waals surface area contributed by atoms with Crippen LogP contribution in [0.1, 0.15) is 80.3 Å². The Bertz CT molecular complexity index is 5530. The molecule has 1 unspecified atom stereocenters. The maximum atomic E-state index is 14.4. The molecule has 2 amide bonds. The number of alkyl carbamates (subject to hydrolysis) is 1. The molecule has 5 aliphatic heterocycles. The fourth-order valence-corrected chi connectivity index (χ4v) is 17.9. The third-order valence-corrected chi connectivity index (χ3v) is 24.7. The van der Waals surface area contributed by atoms with Crippen LogP contribution in [-0.4, -0.2) is 197 Å². The molecule has 1 aliphatic carbocycles. The number of carboxylic acids is 1. The Balaban J connectivity index is 0.731. The van der Waals surface area contributed by atoms with Crippen molar-refractivity contribution in [1.82, 2.24) is 10.6 Å². The summed E-state index contributed by atoms with van der Waals surface area (Å²) < 4.78 is 133. The Hall–Kier alpha value is -11.8. The van der Waals surface area contributed by atoms with E-state index in [1.807, 2.05) is 322 Å². The molecular weight excluding hydrogens is 1740 g/mol. The summed E-state index contributed by atoms with van der Waals surface area (Å²) in [4.78, 5) is 45.6. The van der Waals surface area contributed by atoms with Gasteiger partial charge in [-0.3, -0.25) is 4.79 Å². The van der Waals surface area contributed by atoms with E-state index in [-0.39, 0.29) is 85.2 Å². The first-order valence-electron chi connectivity index (χ1n) is 45.9. The van der Waals surface area contributed by atoms with Crippen molar-refractivity contribution < 1.29 is 115 Å². The first kappa shape index (κ1) is 95.9. The van der Waals surface area contributed by atoms with Crippen molar-refractivity contribution in [3.8, 4) is 11.1 Å². The van der Waals surface area contributed by atoms with E-state index in [2.05, 4.69) is 20.7 Å². The Labute approximate surface area is 788 Å². The Morgan fingerprint density at radius 2 is 0.801 bits per heavy atom. The molecule has 5 heterocycles. The van der Waals surface area contributed by atoms with Gasteiger partial charge in [-0.05, 0) is 72.3 Å². The van der Waals surface area contributed by atoms with E-state index in [1.54, 1.807) is 0 Å². The Morgan fingerprint density at radius 3 is 1.28 bits per heavy atom. The van der Waals surface area contributed by atoms with Gasteiger partial charge in [0.25, 0.3) is 0 Å². The van der Waals surface area contributed by atoms with Crippen molar-refractivity contribution in [3.63, 3.8) is 0 Å². The minimum atomic E-state index is -1.95. The second kappa shape index (κ2) is 48.3. The average molecular weight is 1850 g/mol. The maximum absolute atomic E-state index is 14.4. The van der Waals surface area contributed by atoms with E-state index in [1.165, 1.54) is 6.92 Å². The van der Waals surface area contributed by atoms with E-state index >= 15 is 0 Å². The molecule has 0 saturated carbocycles. The van der Waals surface area contributed by atoms with E-state index in [4.69, 9.17) is 90.0 Å². The number of ether oxygens (including phenoxy) is 19. The van der Waals surface area contributed by atoms with Crippen molar-refractivity contribution in [2.24, 2.45) is 5.11 Å². The monoisotopic (exact) mass is 1850 g/mol. The van der Waals surface area contributed by atoms with E-state index in [0.717, 1.165) is 72.3 Å². The van der Waals surface area contributed by atoms with Gasteiger partial charge in [0.05, 0.1) is 85.9 Å². The molecule has 17 rings (SSSR count). The predicted octanol–water partition coefficient (Wildman–Crippen LogP) is 15.3. The number of aliphatic carboxylic acids is 1. The average Bonchev–Trinajstić information content (AvgIpc) is 1.31. The van der Waals surface area contributed by atoms with Crippen LogP contribution in [-0.2, 0) is 152 Å². The van der Waals surface area contributed by atoms with E-state index in [0.29, 0.717) is 0 Å². The molecule has 0 bridgehead atoms. The third-order valence-electron chi connectivity index (χ3n) is 24.7. The largest absolute Gasteiger partial charge is 0.480 e. The molecule has 6 aliphatic rings. The number of aliphatic hydroxyl groups excluding tert-OH is 1. The van der Waals surface area contributed by atoms with Gasteiger partial charge in [-0.15, -0.1) is 0 Å². The molecule has 4 N–H and O–H groups in total. The van der Waals surface area contributed by atoms with Crippen LogP contribution in [0.2, 0.25) is 0 Å². The fourth-order valence-electron chi connectivity index (χ4n) is 17.9. The maximum Gasteiger partial charge on any atom is 0.407 e. The number of nitrogens with zero attached hydrogens (tertiary/aromatic N) is 3. The van der Waals surface area contributed by atoms with Gasteiger partial charge in [-0.2, -0.15) is 0 Å². The van der Waals surface area contributed by atoms with Crippen molar-refractivity contribution in [1.29, 1.82) is 0 Å². The number of amides is 2. The zero-order chi connectivity index (χ0) is 93.2. The van der Waals surface area contributed by atoms with E-state index in [9.17, 15) is 30.1 Å². The predicted molar refractivity (Wildman–Crippen MR) is 495 cm³/mol. The normalized spacial score (nSPS) is 26.5. The van der Waals surface area contributed by atoms with Crippen LogP contribution >= 0.6 is 0 Å². The molecule has 136 heavy (non-hydrogen) atoms. The topological polar surface area (TPSA) is 340 Å². The number of carboxylic acid groups (broad SMARTS) is 1. The minimum Gasteiger partial charge on any atom is -0.480 e. The van der Waals surface area contributed by atoms with Gasteiger partial charge in [-0.25, -0.2) is 9.59 Å². The van der Waals surface area contributed by atoms with Crippen LogP contribution < -0.4 is 10.6 Å². The highest BCUT2D eigenvalue weighted by Gasteiger charge is 2.58. The summed E-state index contributed by atoms with van der Waals surface area (Å²) in [5.41, 5.74) is 22.0. The molecule has 708 valence electrons. The smallest absolute Gasteiger partial charge is 0.407 e. The molecule has 0 aromatic heterocycles. The lowest BCUT2D eigenvalue weighted by Gasteiger charge is -2.52. The lowest BCUT2D eigenvalue weighted by atomic mass is 9.94. The van der Waals surface area contributed by atoms with Gasteiger partial charge in [0.15, 0.2) is 37.5 Å². The van der Waals surface area contributed by atoms with Gasteiger partial charge < -0.3 is 111 Å². The fraction of sp³-hybridized carbons (Fsp3) is 0.355. The Morgan fingerprint density at radius 1 is 0.404 bits per heavy atom. The standard InChI is InChI=1S/C107H111N5O24/c1-69(113)109-89-96(121-58-73-39-17-5-18-40-73)93(135-105-100(125-62-77-47-25-9-26-48-77)98(123-60-75-43-21-7-22-44-75)94-88(133-105)68-127-102(134-94)78-49-27-10-28-50-78)87(66-119-56-71-35-13-3-14-36-71)131-103(89)128-67-85-91(114)95(90(111-112-108)104(130-85)126-64-84(101(115)116)110-107(117)129-63-83-81-53-31-29-51-79(81)80-52-30-32-54-82(80)83)136-106-99(124-61-76-45-23-8-24-46-76)97(122-59-74-41-19-6-20-42-74)92(120-57-72-37-15-4-16-38-72)86(132-106)65-118-55-70-33-11-2-12-34-70/h2-54,83-100,102-106,114H,55-68H2,1H3,(H,109,113)(H,110,117)(H,115,116)/t84-,85+,86+,87+,88+,89+,90+,91-,92-,93+,94-,95+,96+,97-,98-,99+,100+,102?,103+,104-,105-,106-/m0/s1. The quantitative estimate of drug-likeness (QED) is 0.0157. The summed E-state index contributed by atoms with van der Waals surface area (Å²) in [5, 5.41) is 34.7. The molecule has 5 fully saturated rings. The van der Waals surface area contributed by atoms with Crippen LogP contribution in [0.4, 0.5) is 4.79 Å². The van der Waals surface area contributed by atoms with Crippen LogP contribution in [0.25, 0.3) is 21.6 Å². The summed E-state index contributed by atoms with van der Waals surface area (Å²) in [7, 11) is 0. The van der Waals surface area contributed by atoms with Crippen LogP contribution in [0.5, 0.6) is 0 Å². The van der Waals surface area contributed by atoms with Crippen LogP contribution in [0, 0.1) is 0 Å². The summed E-state index contributed by atoms with van der Waals surface area (Å²) >= 11 is 0. The molecule has 0 radical (unpaired) electrons. The molecule has 29 heteroatoms. The summed E-state index contributed by atoms with van der Waals surface area (Å²) in [6.45, 7) is -0.370. The molecular formula is C107H111N5O24. The van der Waals surface area contributed by atoms with Crippen LogP contribution in [0.3, 0.4) is 0 Å². The number of hydrogen-bond acceptors (Lipinski definition) is 24. The first-order valence-corrected chi connectivity index (χ1v) is 45.9. The van der Waals surface area contributed by atoms with Gasteiger partial charge in [0.2, 0.25) is 5.91 Å². The Kier molecular flexibility index (Phi) is 34.0. The summed E-state index contributed by atoms with van der Waals surface area (Å²) in [6.07, 6.45) is -25.7. The third kappa shape index (κ3) is 25.1. The first-order chi connectivity index (χ1) is 66.9. The highest BCUT2D eigenvalue weighted by Crippen LogP contribution is 2.46. The van der Waals surface area contributed by atoms with Crippen molar-refractivity contribution in [3.05, 3.63) is 393 Å². The number of hydrogen-bond donors (Lipinski definition) is 4. The molecule has 5 saturated heterocycles. The van der Waals surface area contributed by atoms with Gasteiger partial charge in [0, 0.05) is 23.3 Å². The number of rotatable bonds is 43. The van der Waals surface area contributed by atoms with Crippen molar-refractivity contribution in [2.45, 2.75) is 201 Å². The summed E-state index contributed by atoms with van der Waals surface area (Å²) in [5.74, 6) is -2.50. The molecule has 11 aromatic rings. The number of carbonyl (C=O) groups excluding carboxylic acids is 2. The van der Waals surface area contributed by atoms with E-state index < -0.39 is 166 Å². The van der Waals surface area contributed by atoms with Gasteiger partial charge in [-0.1, -0.05) is 327 Å². The highest BCUT2D eigenvalue weighted by molar-refractivity contribution is 5.81. The lowest BCUT2D eigenvalue weighted by Crippen LogP contribution is -2.69. The second-order valence-corrected chi connectivity index (χ2v) is 34.1. The lowest BCUT2D eigenvalue weighted by molar-refractivity contribution is -0.392. The molecule has 22 atom stereocenters. The number of nitrogens with one attached hydrogen (secondary N) is 2. The van der Waals surface area contributed by atoms with Gasteiger partial charge >= 0.3 is 12.1 Å². The highest BCUT2D eigenvalue weighted by atomic mass is 16.8. The van der Waals surface area contributed by atoms with Crippen molar-refractivity contribution >= 4 is 18.0 Å². The number of aliphatic hydroxyl groups is 1. The number of fused-ring (bicyclic) bond motifs is 4. The van der Waals surface area contributed by atoms with Crippen LogP contribution in [0.15, 0.2) is 327 Å². The zero-order valence-electron chi connectivity index (χ0n) is 75.0. The molecule has 29 nitrogen and oxygen atoms in total. The van der Waals surface area contributed by atoms with Crippen molar-refractivity contribution in [2.75, 3.05) is 39.6 Å². The zero-order valence-corrected chi connectivity index (χ0v) is 75.0. The number of carbonyl (C=O) groups is 3. The second-order valence-electron chi connectivity index (χ2n) is 34.1. The molecule has 0 spiro atoms. The SMILES string of the molecule is CC(=O)N[C@H]1[C@H](OC[C@H]2O[C@H](OC[C@H](NC(=O)OCC3c4ccccc4-c4ccccc43)C(=O)O)[C@H](N=[N+]=[N-])[C@@H](O[C@@H]3O[C@H](COCc4ccccc4)[C@H](OCc4ccccc4)[C@H](OCc4ccccc4)[C@H]3OCc3ccccc3)[C@H]2O)O[C@H](COCc2ccccc2)[C@@H](O[C@@H]2O[C@@H]3COC(c4ccccc4)O[C@@H]3[C@H](OCc3ccccc3)[C@H]2OCc2ccccc2)[C@@H]1OCc1ccccc1. The minimum absolute atomic E-state index is 0.0218. The number of benzene rings is 11. The number of azide groups is 1. The van der Waals surface area contributed by atoms with Gasteiger partial charge in [0.1, 0.15) is 104 Å². The molecule has 11 aromatic carbocycles. The summed E-state index contributed by atoms with van der Waals surface area (Å²) in [6, 6.07) is 96.5.